The summed E-state index contributed by atoms with van der Waals surface area (Å²) in [6, 6.07) is 12.7. The molecular formula is C23H29BrN2O4. The minimum Gasteiger partial charge on any atom is -0.492 e. The van der Waals surface area contributed by atoms with E-state index in [0.29, 0.717) is 34.1 Å². The Kier molecular flexibility index (Phi) is 9.67. The summed E-state index contributed by atoms with van der Waals surface area (Å²) in [6.07, 6.45) is 2.98. The van der Waals surface area contributed by atoms with Crippen molar-refractivity contribution >= 4 is 27.7 Å². The summed E-state index contributed by atoms with van der Waals surface area (Å²) in [5, 5.41) is 0. The Bertz CT molecular complexity index is 857. The Morgan fingerprint density at radius 3 is 2.50 bits per heavy atom. The monoisotopic (exact) mass is 476 g/mol. The van der Waals surface area contributed by atoms with E-state index in [2.05, 4.69) is 47.6 Å². The summed E-state index contributed by atoms with van der Waals surface area (Å²) >= 11 is 3.41. The molecular weight excluding hydrogens is 448 g/mol. The third-order valence-corrected chi connectivity index (χ3v) is 5.31. The van der Waals surface area contributed by atoms with Gasteiger partial charge in [0.15, 0.2) is 6.61 Å². The molecule has 0 heterocycles. The fraction of sp³-hybridized carbons (Fsp3) is 0.391. The van der Waals surface area contributed by atoms with Crippen LogP contribution in [0.2, 0.25) is 0 Å². The minimum atomic E-state index is -0.444. The summed E-state index contributed by atoms with van der Waals surface area (Å²) in [4.78, 5) is 24.4. The quantitative estimate of drug-likeness (QED) is 0.374. The molecule has 2 amide bonds. The maximum Gasteiger partial charge on any atom is 0.276 e. The number of hydrogen-bond acceptors (Lipinski definition) is 4. The number of benzene rings is 2. The molecule has 6 nitrogen and oxygen atoms in total. The normalized spacial score (nSPS) is 11.5. The highest BCUT2D eigenvalue weighted by Crippen LogP contribution is 2.28. The van der Waals surface area contributed by atoms with E-state index in [1.54, 1.807) is 18.2 Å². The van der Waals surface area contributed by atoms with Gasteiger partial charge in [0.1, 0.15) is 11.5 Å². The van der Waals surface area contributed by atoms with E-state index in [1.807, 2.05) is 24.3 Å². The van der Waals surface area contributed by atoms with Gasteiger partial charge < -0.3 is 9.47 Å². The van der Waals surface area contributed by atoms with Crippen LogP contribution in [-0.4, -0.2) is 25.0 Å². The molecule has 30 heavy (non-hydrogen) atoms. The fourth-order valence-corrected chi connectivity index (χ4v) is 3.20. The molecule has 0 aliphatic carbocycles. The number of rotatable bonds is 10. The van der Waals surface area contributed by atoms with Crippen molar-refractivity contribution < 1.29 is 19.1 Å². The summed E-state index contributed by atoms with van der Waals surface area (Å²) in [6.45, 7) is 6.74. The number of unbranched alkanes of at least 4 members (excludes halogenated alkanes) is 1. The number of hydrogen-bond donors (Lipinski definition) is 2. The van der Waals surface area contributed by atoms with Crippen molar-refractivity contribution in [1.29, 1.82) is 0 Å². The summed E-state index contributed by atoms with van der Waals surface area (Å²) in [5.74, 6) is 0.815. The second kappa shape index (κ2) is 12.2. The number of halogens is 1. The van der Waals surface area contributed by atoms with Crippen LogP contribution < -0.4 is 20.3 Å². The highest BCUT2D eigenvalue weighted by Gasteiger charge is 2.13. The lowest BCUT2D eigenvalue weighted by Gasteiger charge is -2.15. The van der Waals surface area contributed by atoms with E-state index in [4.69, 9.17) is 9.47 Å². The molecule has 0 fully saturated rings. The van der Waals surface area contributed by atoms with Gasteiger partial charge in [0, 0.05) is 5.56 Å². The van der Waals surface area contributed by atoms with Crippen LogP contribution in [0.5, 0.6) is 11.5 Å². The topological polar surface area (TPSA) is 76.7 Å². The smallest absolute Gasteiger partial charge is 0.276 e. The fourth-order valence-electron chi connectivity index (χ4n) is 2.70. The third-order valence-electron chi connectivity index (χ3n) is 4.69. The van der Waals surface area contributed by atoms with E-state index in [-0.39, 0.29) is 6.61 Å². The molecule has 1 atom stereocenters. The molecule has 0 aliphatic heterocycles. The SMILES string of the molecule is CCCCOc1ccc(C(=O)NNC(=O)COc2ccccc2C(C)CC)cc1Br. The molecule has 2 aromatic rings. The summed E-state index contributed by atoms with van der Waals surface area (Å²) in [7, 11) is 0. The lowest BCUT2D eigenvalue weighted by atomic mass is 9.98. The number of carbonyl (C=O) groups is 2. The molecule has 2 N–H and O–H groups in total. The summed E-state index contributed by atoms with van der Waals surface area (Å²) in [5.41, 5.74) is 6.24. The van der Waals surface area contributed by atoms with E-state index in [9.17, 15) is 9.59 Å². The molecule has 0 radical (unpaired) electrons. The second-order valence-corrected chi connectivity index (χ2v) is 7.84. The van der Waals surface area contributed by atoms with Gasteiger partial charge in [0.05, 0.1) is 11.1 Å². The Morgan fingerprint density at radius 1 is 1.03 bits per heavy atom. The van der Waals surface area contributed by atoms with E-state index >= 15 is 0 Å². The van der Waals surface area contributed by atoms with Crippen LogP contribution in [0.4, 0.5) is 0 Å². The number of amides is 2. The van der Waals surface area contributed by atoms with Gasteiger partial charge in [-0.25, -0.2) is 0 Å². The van der Waals surface area contributed by atoms with Gasteiger partial charge in [0.2, 0.25) is 0 Å². The number of carbonyl (C=O) groups excluding carboxylic acids is 2. The molecule has 0 spiro atoms. The van der Waals surface area contributed by atoms with Crippen LogP contribution in [-0.2, 0) is 4.79 Å². The lowest BCUT2D eigenvalue weighted by Crippen LogP contribution is -2.43. The first-order valence-electron chi connectivity index (χ1n) is 10.2. The Balaban J connectivity index is 1.85. The van der Waals surface area contributed by atoms with Crippen LogP contribution in [0.1, 0.15) is 61.9 Å². The predicted octanol–water partition coefficient (Wildman–Crippen LogP) is 4.98. The van der Waals surface area contributed by atoms with E-state index in [1.165, 1.54) is 0 Å². The maximum absolute atomic E-state index is 12.3. The zero-order valence-electron chi connectivity index (χ0n) is 17.7. The Hall–Kier alpha value is -2.54. The molecule has 1 unspecified atom stereocenters. The van der Waals surface area contributed by atoms with Crippen LogP contribution >= 0.6 is 15.9 Å². The zero-order chi connectivity index (χ0) is 21.9. The van der Waals surface area contributed by atoms with Crippen LogP contribution in [0.3, 0.4) is 0 Å². The molecule has 7 heteroatoms. The van der Waals surface area contributed by atoms with Gasteiger partial charge in [-0.2, -0.15) is 0 Å². The molecule has 2 rings (SSSR count). The number of hydrazine groups is 1. The van der Waals surface area contributed by atoms with Gasteiger partial charge in [-0.05, 0) is 64.5 Å². The van der Waals surface area contributed by atoms with E-state index < -0.39 is 11.8 Å². The number of para-hydroxylation sites is 1. The second-order valence-electron chi connectivity index (χ2n) is 6.99. The molecule has 0 saturated heterocycles. The third kappa shape index (κ3) is 7.06. The van der Waals surface area contributed by atoms with Gasteiger partial charge in [-0.15, -0.1) is 0 Å². The van der Waals surface area contributed by atoms with E-state index in [0.717, 1.165) is 24.8 Å². The van der Waals surface area contributed by atoms with Crippen molar-refractivity contribution in [3.63, 3.8) is 0 Å². The molecule has 0 bridgehead atoms. The minimum absolute atomic E-state index is 0.193. The first-order valence-corrected chi connectivity index (χ1v) is 11.0. The molecule has 0 saturated carbocycles. The van der Waals surface area contributed by atoms with Crippen molar-refractivity contribution in [2.75, 3.05) is 13.2 Å². The molecule has 0 aliphatic rings. The van der Waals surface area contributed by atoms with Crippen molar-refractivity contribution in [1.82, 2.24) is 10.9 Å². The van der Waals surface area contributed by atoms with Crippen molar-refractivity contribution in [2.45, 2.75) is 46.0 Å². The van der Waals surface area contributed by atoms with Crippen molar-refractivity contribution in [3.8, 4) is 11.5 Å². The summed E-state index contributed by atoms with van der Waals surface area (Å²) < 4.78 is 12.0. The Morgan fingerprint density at radius 2 is 1.80 bits per heavy atom. The highest BCUT2D eigenvalue weighted by molar-refractivity contribution is 9.10. The molecule has 162 valence electrons. The van der Waals surface area contributed by atoms with Crippen LogP contribution in [0.25, 0.3) is 0 Å². The number of nitrogens with one attached hydrogen (secondary N) is 2. The van der Waals surface area contributed by atoms with Gasteiger partial charge in [0.25, 0.3) is 11.8 Å². The lowest BCUT2D eigenvalue weighted by molar-refractivity contribution is -0.123. The molecule has 2 aromatic carbocycles. The zero-order valence-corrected chi connectivity index (χ0v) is 19.3. The van der Waals surface area contributed by atoms with Gasteiger partial charge >= 0.3 is 0 Å². The molecule has 0 aromatic heterocycles. The standard InChI is InChI=1S/C23H29BrN2O4/c1-4-6-13-29-21-12-11-17(14-19(21)24)23(28)26-25-22(27)15-30-20-10-8-7-9-18(20)16(3)5-2/h7-12,14,16H,4-6,13,15H2,1-3H3,(H,25,27)(H,26,28). The average molecular weight is 477 g/mol. The highest BCUT2D eigenvalue weighted by atomic mass is 79.9. The largest absolute Gasteiger partial charge is 0.492 e. The first-order chi connectivity index (χ1) is 14.5. The Labute approximate surface area is 186 Å². The number of ether oxygens (including phenoxy) is 2. The average Bonchev–Trinajstić information content (AvgIpc) is 2.76. The van der Waals surface area contributed by atoms with Gasteiger partial charge in [-0.3, -0.25) is 20.4 Å². The predicted molar refractivity (Wildman–Crippen MR) is 121 cm³/mol. The van der Waals surface area contributed by atoms with Crippen molar-refractivity contribution in [2.24, 2.45) is 0 Å². The van der Waals surface area contributed by atoms with Crippen LogP contribution in [0.15, 0.2) is 46.9 Å². The van der Waals surface area contributed by atoms with Crippen LogP contribution in [0, 0.1) is 0 Å². The van der Waals surface area contributed by atoms with Gasteiger partial charge in [-0.1, -0.05) is 45.4 Å². The first kappa shape index (κ1) is 23.7. The van der Waals surface area contributed by atoms with Crippen molar-refractivity contribution in [3.05, 3.63) is 58.1 Å². The maximum atomic E-state index is 12.3.